The van der Waals surface area contributed by atoms with Crippen molar-refractivity contribution >= 4 is 50.6 Å². The maximum Gasteiger partial charge on any atom is 0.417 e. The van der Waals surface area contributed by atoms with Gasteiger partial charge in [-0.25, -0.2) is 4.79 Å². The van der Waals surface area contributed by atoms with Crippen molar-refractivity contribution in [1.82, 2.24) is 9.78 Å². The molecule has 0 aliphatic carbocycles. The number of anilines is 1. The van der Waals surface area contributed by atoms with E-state index in [0.717, 1.165) is 28.2 Å². The molecule has 0 bridgehead atoms. The average molecular weight is 522 g/mol. The van der Waals surface area contributed by atoms with E-state index in [1.165, 1.54) is 29.6 Å². The molecule has 2 aromatic carbocycles. The van der Waals surface area contributed by atoms with Crippen LogP contribution in [-0.2, 0) is 10.9 Å². The third-order valence-electron chi connectivity index (χ3n) is 4.88. The molecule has 12 heteroatoms. The van der Waals surface area contributed by atoms with Crippen molar-refractivity contribution in [3.05, 3.63) is 86.1 Å². The second-order valence-electron chi connectivity index (χ2n) is 7.12. The van der Waals surface area contributed by atoms with Crippen LogP contribution in [0.5, 0.6) is 0 Å². The number of nitrogens with zero attached hydrogens (tertiary/aromatic N) is 2. The van der Waals surface area contributed by atoms with Gasteiger partial charge in [0.25, 0.3) is 11.5 Å². The van der Waals surface area contributed by atoms with Crippen LogP contribution in [0.2, 0.25) is 5.02 Å². The summed E-state index contributed by atoms with van der Waals surface area (Å²) in [5.74, 6) is -1.88. The lowest BCUT2D eigenvalue weighted by atomic mass is 10.1. The maximum atomic E-state index is 13.4. The number of nitrogens with one attached hydrogen (secondary N) is 1. The minimum Gasteiger partial charge on any atom is -0.461 e. The number of amides is 1. The number of carbonyl (C=O) groups excluding carboxylic acids is 2. The van der Waals surface area contributed by atoms with Crippen molar-refractivity contribution in [2.24, 2.45) is 0 Å². The quantitative estimate of drug-likeness (QED) is 0.348. The summed E-state index contributed by atoms with van der Waals surface area (Å²) in [5, 5.41) is 8.18. The van der Waals surface area contributed by atoms with Crippen molar-refractivity contribution < 1.29 is 27.5 Å². The normalized spacial score (nSPS) is 11.5. The molecule has 1 N–H and O–H groups in total. The second kappa shape index (κ2) is 9.51. The average Bonchev–Trinajstić information content (AvgIpc) is 3.23. The Bertz CT molecular complexity index is 1510. The summed E-state index contributed by atoms with van der Waals surface area (Å²) in [7, 11) is 0. The molecule has 4 rings (SSSR count). The number of hydrogen-bond acceptors (Lipinski definition) is 6. The van der Waals surface area contributed by atoms with Crippen LogP contribution in [0.4, 0.5) is 18.2 Å². The number of aromatic nitrogens is 2. The molecule has 0 saturated carbocycles. The van der Waals surface area contributed by atoms with Crippen molar-refractivity contribution in [3.8, 4) is 5.69 Å². The van der Waals surface area contributed by atoms with E-state index < -0.39 is 34.7 Å². The summed E-state index contributed by atoms with van der Waals surface area (Å²) < 4.78 is 46.1. The largest absolute Gasteiger partial charge is 0.461 e. The summed E-state index contributed by atoms with van der Waals surface area (Å²) >= 11 is 6.90. The molecule has 0 aliphatic rings. The lowest BCUT2D eigenvalue weighted by Gasteiger charge is -2.13. The standard InChI is InChI=1S/C23H15ClF3N3O4S/c1-2-34-22(33)18-15-11-35-20(28-19(31)14-8-3-4-9-16(14)23(25,26)27)17(15)21(32)30(29-18)13-7-5-6-12(24)10-13/h3-11H,2H2,1H3,(H,28,31). The van der Waals surface area contributed by atoms with E-state index >= 15 is 0 Å². The highest BCUT2D eigenvalue weighted by Crippen LogP contribution is 2.34. The van der Waals surface area contributed by atoms with Crippen molar-refractivity contribution in [3.63, 3.8) is 0 Å². The fraction of sp³-hybridized carbons (Fsp3) is 0.130. The van der Waals surface area contributed by atoms with E-state index in [1.54, 1.807) is 19.1 Å². The zero-order valence-electron chi connectivity index (χ0n) is 17.9. The lowest BCUT2D eigenvalue weighted by molar-refractivity contribution is -0.137. The van der Waals surface area contributed by atoms with Gasteiger partial charge in [-0.05, 0) is 37.3 Å². The van der Waals surface area contributed by atoms with Crippen molar-refractivity contribution in [2.45, 2.75) is 13.1 Å². The first kappa shape index (κ1) is 24.4. The summed E-state index contributed by atoms with van der Waals surface area (Å²) in [4.78, 5) is 38.8. The van der Waals surface area contributed by atoms with Crippen LogP contribution in [-0.4, -0.2) is 28.3 Å². The third-order valence-corrected chi connectivity index (χ3v) is 6.01. The minimum absolute atomic E-state index is 0.0419. The van der Waals surface area contributed by atoms with Crippen LogP contribution in [0.1, 0.15) is 33.3 Å². The number of benzene rings is 2. The lowest BCUT2D eigenvalue weighted by Crippen LogP contribution is -2.26. The van der Waals surface area contributed by atoms with Crippen LogP contribution >= 0.6 is 22.9 Å². The van der Waals surface area contributed by atoms with Crippen molar-refractivity contribution in [1.29, 1.82) is 0 Å². The predicted octanol–water partition coefficient (Wildman–Crippen LogP) is 5.55. The van der Waals surface area contributed by atoms with Gasteiger partial charge in [-0.1, -0.05) is 29.8 Å². The van der Waals surface area contributed by atoms with E-state index in [2.05, 4.69) is 10.4 Å². The topological polar surface area (TPSA) is 90.3 Å². The Labute approximate surface area is 204 Å². The second-order valence-corrected chi connectivity index (χ2v) is 8.43. The zero-order valence-corrected chi connectivity index (χ0v) is 19.4. The van der Waals surface area contributed by atoms with Crippen LogP contribution < -0.4 is 10.9 Å². The Kier molecular flexibility index (Phi) is 6.64. The zero-order chi connectivity index (χ0) is 25.3. The number of thiophene rings is 1. The number of alkyl halides is 3. The van der Waals surface area contributed by atoms with Crippen molar-refractivity contribution in [2.75, 3.05) is 11.9 Å². The Morgan fingerprint density at radius 1 is 1.17 bits per heavy atom. The number of esters is 1. The molecule has 0 atom stereocenters. The van der Waals surface area contributed by atoms with E-state index in [9.17, 15) is 27.6 Å². The summed E-state index contributed by atoms with van der Waals surface area (Å²) in [6, 6.07) is 10.4. The highest BCUT2D eigenvalue weighted by atomic mass is 35.5. The molecule has 7 nitrogen and oxygen atoms in total. The molecule has 0 unspecified atom stereocenters. The number of ether oxygens (including phenoxy) is 1. The molecule has 4 aromatic rings. The van der Waals surface area contributed by atoms with E-state index in [4.69, 9.17) is 16.3 Å². The van der Waals surface area contributed by atoms with Gasteiger partial charge in [0.05, 0.1) is 28.8 Å². The molecule has 0 saturated heterocycles. The molecule has 180 valence electrons. The van der Waals surface area contributed by atoms with Gasteiger partial charge < -0.3 is 10.1 Å². The summed E-state index contributed by atoms with van der Waals surface area (Å²) in [5.41, 5.74) is -2.41. The van der Waals surface area contributed by atoms with Gasteiger partial charge >= 0.3 is 12.1 Å². The molecule has 35 heavy (non-hydrogen) atoms. The minimum atomic E-state index is -4.76. The molecular formula is C23H15ClF3N3O4S. The SMILES string of the molecule is CCOC(=O)c1nn(-c2cccc(Cl)c2)c(=O)c2c(NC(=O)c3ccccc3C(F)(F)F)scc12. The Morgan fingerprint density at radius 2 is 1.91 bits per heavy atom. The summed E-state index contributed by atoms with van der Waals surface area (Å²) in [6.45, 7) is 1.64. The fourth-order valence-corrected chi connectivity index (χ4v) is 4.49. The smallest absolute Gasteiger partial charge is 0.417 e. The molecular weight excluding hydrogens is 507 g/mol. The van der Waals surface area contributed by atoms with Crippen LogP contribution in [0.15, 0.2) is 58.7 Å². The number of fused-ring (bicyclic) bond motifs is 1. The van der Waals surface area contributed by atoms with Gasteiger partial charge in [0.2, 0.25) is 0 Å². The molecule has 2 heterocycles. The number of rotatable bonds is 5. The Balaban J connectivity index is 1.89. The van der Waals surface area contributed by atoms with E-state index in [0.29, 0.717) is 5.02 Å². The predicted molar refractivity (Wildman–Crippen MR) is 126 cm³/mol. The monoisotopic (exact) mass is 521 g/mol. The highest BCUT2D eigenvalue weighted by molar-refractivity contribution is 7.16. The number of carbonyl (C=O) groups is 2. The van der Waals surface area contributed by atoms with Crippen LogP contribution in [0.3, 0.4) is 0 Å². The van der Waals surface area contributed by atoms with Gasteiger partial charge in [0.1, 0.15) is 5.00 Å². The molecule has 1 amide bonds. The van der Waals surface area contributed by atoms with Crippen LogP contribution in [0, 0.1) is 0 Å². The Hall–Kier alpha value is -3.70. The van der Waals surface area contributed by atoms with E-state index in [1.807, 2.05) is 0 Å². The first-order chi connectivity index (χ1) is 16.6. The van der Waals surface area contributed by atoms with E-state index in [-0.39, 0.29) is 33.8 Å². The number of halogens is 4. The summed E-state index contributed by atoms with van der Waals surface area (Å²) in [6.07, 6.45) is -4.76. The fourth-order valence-electron chi connectivity index (χ4n) is 3.37. The molecule has 0 radical (unpaired) electrons. The van der Waals surface area contributed by atoms with Gasteiger partial charge in [-0.15, -0.1) is 11.3 Å². The van der Waals surface area contributed by atoms with Crippen LogP contribution in [0.25, 0.3) is 16.5 Å². The third kappa shape index (κ3) is 4.77. The maximum absolute atomic E-state index is 13.4. The first-order valence-electron chi connectivity index (χ1n) is 10.1. The molecule has 0 spiro atoms. The van der Waals surface area contributed by atoms with Gasteiger partial charge in [-0.2, -0.15) is 23.0 Å². The molecule has 2 aromatic heterocycles. The van der Waals surface area contributed by atoms with Gasteiger partial charge in [-0.3, -0.25) is 9.59 Å². The molecule has 0 fully saturated rings. The highest BCUT2D eigenvalue weighted by Gasteiger charge is 2.35. The van der Waals surface area contributed by atoms with Gasteiger partial charge in [0, 0.05) is 15.8 Å². The first-order valence-corrected chi connectivity index (χ1v) is 11.3. The van der Waals surface area contributed by atoms with Gasteiger partial charge in [0.15, 0.2) is 5.69 Å². The molecule has 0 aliphatic heterocycles. The Morgan fingerprint density at radius 3 is 2.60 bits per heavy atom. The number of hydrogen-bond donors (Lipinski definition) is 1.